The van der Waals surface area contributed by atoms with Crippen molar-refractivity contribution in [3.63, 3.8) is 0 Å². The first-order chi connectivity index (χ1) is 8.13. The third-order valence-electron chi connectivity index (χ3n) is 2.77. The zero-order valence-corrected chi connectivity index (χ0v) is 10.4. The van der Waals surface area contributed by atoms with Crippen LogP contribution in [0.15, 0.2) is 6.20 Å². The monoisotopic (exact) mass is 247 g/mol. The molecule has 1 saturated carbocycles. The number of carbonyl (C=O) groups excluding carboxylic acids is 1. The van der Waals surface area contributed by atoms with Gasteiger partial charge in [-0.25, -0.2) is 0 Å². The summed E-state index contributed by atoms with van der Waals surface area (Å²) < 4.78 is 0. The Morgan fingerprint density at radius 2 is 2.41 bits per heavy atom. The van der Waals surface area contributed by atoms with E-state index in [2.05, 4.69) is 10.9 Å². The first kappa shape index (κ1) is 12.0. The number of hydrogen-bond acceptors (Lipinski definition) is 4. The zero-order valence-electron chi connectivity index (χ0n) is 9.56. The molecule has 0 aromatic carbocycles. The Kier molecular flexibility index (Phi) is 3.39. The summed E-state index contributed by atoms with van der Waals surface area (Å²) in [5.74, 6) is 3.24. The number of carbonyl (C=O) groups is 1. The zero-order chi connectivity index (χ0) is 12.4. The standard InChI is InChI=1S/C13H13NO2S/c1-3-9-6-14-8(2)12(15)11(9)7-17-13(16)10-4-5-10/h1,6,10,15H,4-5,7H2,2H3. The Morgan fingerprint density at radius 3 is 3.00 bits per heavy atom. The second-order valence-corrected chi connectivity index (χ2v) is 5.09. The predicted molar refractivity (Wildman–Crippen MR) is 67.6 cm³/mol. The van der Waals surface area contributed by atoms with Gasteiger partial charge >= 0.3 is 0 Å². The summed E-state index contributed by atoms with van der Waals surface area (Å²) in [5, 5.41) is 10.1. The van der Waals surface area contributed by atoms with Crippen LogP contribution in [-0.4, -0.2) is 15.2 Å². The molecular formula is C13H13NO2S. The van der Waals surface area contributed by atoms with Gasteiger partial charge in [0.05, 0.1) is 11.3 Å². The van der Waals surface area contributed by atoms with E-state index in [0.717, 1.165) is 12.8 Å². The first-order valence-electron chi connectivity index (χ1n) is 5.44. The third-order valence-corrected chi connectivity index (χ3v) is 3.82. The maximum atomic E-state index is 11.6. The van der Waals surface area contributed by atoms with Gasteiger partial charge in [-0.1, -0.05) is 17.7 Å². The molecule has 2 rings (SSSR count). The number of aryl methyl sites for hydroxylation is 1. The molecule has 17 heavy (non-hydrogen) atoms. The average Bonchev–Trinajstić information content (AvgIpc) is 3.14. The van der Waals surface area contributed by atoms with E-state index in [-0.39, 0.29) is 16.8 Å². The lowest BCUT2D eigenvalue weighted by molar-refractivity contribution is -0.112. The minimum atomic E-state index is 0.108. The van der Waals surface area contributed by atoms with E-state index >= 15 is 0 Å². The summed E-state index contributed by atoms with van der Waals surface area (Å²) in [4.78, 5) is 15.6. The van der Waals surface area contributed by atoms with Crippen LogP contribution in [0.25, 0.3) is 0 Å². The molecule has 0 amide bonds. The Morgan fingerprint density at radius 1 is 1.71 bits per heavy atom. The van der Waals surface area contributed by atoms with Gasteiger partial charge in [-0.05, 0) is 19.8 Å². The summed E-state index contributed by atoms with van der Waals surface area (Å²) in [6.07, 6.45) is 8.91. The van der Waals surface area contributed by atoms with Crippen molar-refractivity contribution in [2.75, 3.05) is 0 Å². The molecule has 3 nitrogen and oxygen atoms in total. The van der Waals surface area contributed by atoms with Crippen LogP contribution in [0.1, 0.15) is 29.7 Å². The number of aromatic hydroxyl groups is 1. The average molecular weight is 247 g/mol. The fourth-order valence-electron chi connectivity index (χ4n) is 1.50. The molecule has 1 aromatic heterocycles. The van der Waals surface area contributed by atoms with Crippen LogP contribution in [0.4, 0.5) is 0 Å². The molecule has 0 radical (unpaired) electrons. The molecule has 88 valence electrons. The highest BCUT2D eigenvalue weighted by atomic mass is 32.2. The van der Waals surface area contributed by atoms with E-state index in [1.165, 1.54) is 11.8 Å². The van der Waals surface area contributed by atoms with E-state index < -0.39 is 0 Å². The maximum Gasteiger partial charge on any atom is 0.192 e. The molecule has 0 unspecified atom stereocenters. The Bertz CT molecular complexity index is 501. The molecule has 1 aliphatic carbocycles. The normalized spacial score (nSPS) is 14.4. The second-order valence-electron chi connectivity index (χ2n) is 4.11. The smallest absolute Gasteiger partial charge is 0.192 e. The number of thioether (sulfide) groups is 1. The lowest BCUT2D eigenvalue weighted by atomic mass is 10.1. The Balaban J connectivity index is 2.16. The van der Waals surface area contributed by atoms with Crippen molar-refractivity contribution in [2.45, 2.75) is 25.5 Å². The molecule has 0 atom stereocenters. The second kappa shape index (κ2) is 4.80. The molecule has 1 N–H and O–H groups in total. The molecule has 0 saturated heterocycles. The lowest BCUT2D eigenvalue weighted by Gasteiger charge is -2.08. The molecule has 1 aromatic rings. The highest BCUT2D eigenvalue weighted by Crippen LogP contribution is 2.36. The Labute approximate surface area is 105 Å². The fraction of sp³-hybridized carbons (Fsp3) is 0.385. The number of rotatable bonds is 3. The van der Waals surface area contributed by atoms with Crippen molar-refractivity contribution in [2.24, 2.45) is 5.92 Å². The van der Waals surface area contributed by atoms with Crippen molar-refractivity contribution >= 4 is 16.9 Å². The van der Waals surface area contributed by atoms with E-state index in [1.807, 2.05) is 0 Å². The van der Waals surface area contributed by atoms with E-state index in [0.29, 0.717) is 22.6 Å². The lowest BCUT2D eigenvalue weighted by Crippen LogP contribution is -1.98. The van der Waals surface area contributed by atoms with Gasteiger partial charge in [0, 0.05) is 23.4 Å². The highest BCUT2D eigenvalue weighted by Gasteiger charge is 2.30. The number of pyridine rings is 1. The van der Waals surface area contributed by atoms with Crippen LogP contribution in [-0.2, 0) is 10.5 Å². The summed E-state index contributed by atoms with van der Waals surface area (Å²) >= 11 is 1.23. The first-order valence-corrected chi connectivity index (χ1v) is 6.42. The van der Waals surface area contributed by atoms with Gasteiger partial charge in [-0.2, -0.15) is 0 Å². The van der Waals surface area contributed by atoms with Crippen LogP contribution in [0.3, 0.4) is 0 Å². The topological polar surface area (TPSA) is 50.2 Å². The Hall–Kier alpha value is -1.47. The summed E-state index contributed by atoms with van der Waals surface area (Å²) in [7, 11) is 0. The maximum absolute atomic E-state index is 11.6. The largest absolute Gasteiger partial charge is 0.506 e. The molecule has 1 aliphatic rings. The molecule has 0 spiro atoms. The van der Waals surface area contributed by atoms with E-state index in [4.69, 9.17) is 6.42 Å². The molecule has 1 heterocycles. The highest BCUT2D eigenvalue weighted by molar-refractivity contribution is 8.13. The molecule has 0 bridgehead atoms. The van der Waals surface area contributed by atoms with E-state index in [1.54, 1.807) is 13.1 Å². The summed E-state index contributed by atoms with van der Waals surface area (Å²) in [6.45, 7) is 1.71. The van der Waals surface area contributed by atoms with Gasteiger partial charge in [0.15, 0.2) is 5.12 Å². The van der Waals surface area contributed by atoms with Crippen molar-refractivity contribution in [3.8, 4) is 18.1 Å². The molecule has 4 heteroatoms. The van der Waals surface area contributed by atoms with Crippen molar-refractivity contribution < 1.29 is 9.90 Å². The minimum absolute atomic E-state index is 0.108. The van der Waals surface area contributed by atoms with Crippen LogP contribution in [0, 0.1) is 25.2 Å². The summed E-state index contributed by atoms with van der Waals surface area (Å²) in [5.41, 5.74) is 1.74. The van der Waals surface area contributed by atoms with Crippen molar-refractivity contribution in [1.29, 1.82) is 0 Å². The van der Waals surface area contributed by atoms with Crippen LogP contribution >= 0.6 is 11.8 Å². The van der Waals surface area contributed by atoms with Crippen LogP contribution in [0.5, 0.6) is 5.75 Å². The molecule has 1 fully saturated rings. The number of terminal acetylenes is 1. The van der Waals surface area contributed by atoms with Gasteiger partial charge < -0.3 is 5.11 Å². The van der Waals surface area contributed by atoms with Gasteiger partial charge in [-0.3, -0.25) is 9.78 Å². The number of aromatic nitrogens is 1. The van der Waals surface area contributed by atoms with Gasteiger partial charge in [0.25, 0.3) is 0 Å². The molecular weight excluding hydrogens is 234 g/mol. The summed E-state index contributed by atoms with van der Waals surface area (Å²) in [6, 6.07) is 0. The van der Waals surface area contributed by atoms with Gasteiger partial charge in [0.2, 0.25) is 0 Å². The predicted octanol–water partition coefficient (Wildman–Crippen LogP) is 2.25. The van der Waals surface area contributed by atoms with Gasteiger partial charge in [-0.15, -0.1) is 6.42 Å². The van der Waals surface area contributed by atoms with E-state index in [9.17, 15) is 9.90 Å². The molecule has 0 aliphatic heterocycles. The van der Waals surface area contributed by atoms with Crippen molar-refractivity contribution in [1.82, 2.24) is 4.98 Å². The quantitative estimate of drug-likeness (QED) is 0.832. The minimum Gasteiger partial charge on any atom is -0.506 e. The third kappa shape index (κ3) is 2.62. The number of hydrogen-bond donors (Lipinski definition) is 1. The fourth-order valence-corrected chi connectivity index (χ4v) is 2.55. The SMILES string of the molecule is C#Cc1cnc(C)c(O)c1CSC(=O)C1CC1. The van der Waals surface area contributed by atoms with Crippen LogP contribution < -0.4 is 0 Å². The number of nitrogens with zero attached hydrogens (tertiary/aromatic N) is 1. The van der Waals surface area contributed by atoms with Crippen molar-refractivity contribution in [3.05, 3.63) is 23.0 Å². The van der Waals surface area contributed by atoms with Gasteiger partial charge in [0.1, 0.15) is 5.75 Å². The van der Waals surface area contributed by atoms with Crippen LogP contribution in [0.2, 0.25) is 0 Å².